The molecule has 0 bridgehead atoms. The molecule has 7 nitrogen and oxygen atoms in total. The van der Waals surface area contributed by atoms with Gasteiger partial charge in [-0.05, 0) is 24.6 Å². The Bertz CT molecular complexity index is 864. The summed E-state index contributed by atoms with van der Waals surface area (Å²) in [5.74, 6) is -4.57. The van der Waals surface area contributed by atoms with Crippen LogP contribution in [0.2, 0.25) is 0 Å². The quantitative estimate of drug-likeness (QED) is 0.647. The van der Waals surface area contributed by atoms with E-state index in [2.05, 4.69) is 25.3 Å². The van der Waals surface area contributed by atoms with E-state index in [4.69, 9.17) is 4.74 Å². The Kier molecular flexibility index (Phi) is 5.08. The minimum atomic E-state index is -3.54. The molecule has 1 aromatic carbocycles. The molecule has 1 unspecified atom stereocenters. The maximum absolute atomic E-state index is 14.8. The van der Waals surface area contributed by atoms with Gasteiger partial charge >= 0.3 is 6.47 Å². The Balaban J connectivity index is 2.13. The summed E-state index contributed by atoms with van der Waals surface area (Å²) >= 11 is 0. The van der Waals surface area contributed by atoms with Crippen LogP contribution in [0.1, 0.15) is 12.5 Å². The highest BCUT2D eigenvalue weighted by molar-refractivity contribution is 5.84. The van der Waals surface area contributed by atoms with Crippen molar-refractivity contribution >= 4 is 12.3 Å². The van der Waals surface area contributed by atoms with E-state index in [1.165, 1.54) is 30.9 Å². The predicted octanol–water partition coefficient (Wildman–Crippen LogP) is 2.24. The minimum Gasteiger partial charge on any atom is -0.367 e. The van der Waals surface area contributed by atoms with Crippen molar-refractivity contribution in [3.8, 4) is 11.1 Å². The Morgan fingerprint density at radius 2 is 2.00 bits per heavy atom. The van der Waals surface area contributed by atoms with Gasteiger partial charge < -0.3 is 9.57 Å². The van der Waals surface area contributed by atoms with Crippen molar-refractivity contribution in [2.45, 2.75) is 18.4 Å². The lowest BCUT2D eigenvalue weighted by molar-refractivity contribution is -0.132. The fraction of sp³-hybridized carbons (Fsp3) is 0.294. The lowest BCUT2D eigenvalue weighted by Gasteiger charge is -2.33. The summed E-state index contributed by atoms with van der Waals surface area (Å²) in [5.41, 5.74) is 0.443. The van der Waals surface area contributed by atoms with Crippen LogP contribution in [-0.2, 0) is 19.9 Å². The Morgan fingerprint density at radius 1 is 1.26 bits per heavy atom. The number of carbonyl (C=O) groups excluding carboxylic acids is 1. The van der Waals surface area contributed by atoms with E-state index in [0.717, 1.165) is 13.0 Å². The smallest absolute Gasteiger partial charge is 0.320 e. The third-order valence-corrected chi connectivity index (χ3v) is 4.20. The topological polar surface area (TPSA) is 85.7 Å². The molecule has 0 amide bonds. The van der Waals surface area contributed by atoms with E-state index in [9.17, 15) is 18.0 Å². The van der Waals surface area contributed by atoms with Gasteiger partial charge in [0.05, 0.1) is 0 Å². The molecule has 0 fully saturated rings. The summed E-state index contributed by atoms with van der Waals surface area (Å²) in [5, 5.41) is 0. The lowest BCUT2D eigenvalue weighted by Crippen LogP contribution is -2.45. The number of nitrogens with one attached hydrogen (secondary N) is 1. The average Bonchev–Trinajstić information content (AvgIpc) is 2.77. The molecule has 1 atom stereocenters. The number of ether oxygens (including phenoxy) is 1. The fourth-order valence-electron chi connectivity index (χ4n) is 2.73. The van der Waals surface area contributed by atoms with E-state index >= 15 is 0 Å². The number of nitrogens with zero attached hydrogens (tertiary/aromatic N) is 3. The van der Waals surface area contributed by atoms with Crippen molar-refractivity contribution in [1.29, 1.82) is 0 Å². The largest absolute Gasteiger partial charge is 0.367 e. The van der Waals surface area contributed by atoms with Gasteiger partial charge in [-0.25, -0.2) is 33.6 Å². The highest BCUT2D eigenvalue weighted by Crippen LogP contribution is 2.44. The zero-order chi connectivity index (χ0) is 19.5. The standard InChI is InChI=1S/C17H15F3N4O3/c1-16(17(19,20)8-26-7-15(23-16)24-27-10-25)13-4-11(2-3-14(13)18)12-5-21-9-22-6-12/h2-6,9-10H,7-8H2,1H3,(H,23,24). The normalized spacial score (nSPS) is 21.7. The van der Waals surface area contributed by atoms with Crippen LogP contribution < -0.4 is 5.48 Å². The zero-order valence-electron chi connectivity index (χ0n) is 14.2. The van der Waals surface area contributed by atoms with E-state index in [1.807, 2.05) is 0 Å². The molecule has 10 heteroatoms. The first-order valence-corrected chi connectivity index (χ1v) is 7.82. The van der Waals surface area contributed by atoms with Gasteiger partial charge in [-0.1, -0.05) is 6.07 Å². The van der Waals surface area contributed by atoms with Crippen LogP contribution in [0.4, 0.5) is 13.2 Å². The van der Waals surface area contributed by atoms with Crippen LogP contribution in [0.15, 0.2) is 41.9 Å². The molecule has 1 aliphatic rings. The van der Waals surface area contributed by atoms with Gasteiger partial charge in [-0.2, -0.15) is 0 Å². The highest BCUT2D eigenvalue weighted by Gasteiger charge is 2.54. The third kappa shape index (κ3) is 3.61. The minimum absolute atomic E-state index is 0.0690. The first-order chi connectivity index (χ1) is 12.9. The van der Waals surface area contributed by atoms with Crippen LogP contribution >= 0.6 is 0 Å². The fourth-order valence-corrected chi connectivity index (χ4v) is 2.73. The zero-order valence-corrected chi connectivity index (χ0v) is 14.2. The second-order valence-corrected chi connectivity index (χ2v) is 5.97. The summed E-state index contributed by atoms with van der Waals surface area (Å²) in [4.78, 5) is 26.4. The molecule has 3 rings (SSSR count). The van der Waals surface area contributed by atoms with Crippen molar-refractivity contribution in [2.24, 2.45) is 4.99 Å². The molecule has 1 aliphatic heterocycles. The molecule has 27 heavy (non-hydrogen) atoms. The average molecular weight is 380 g/mol. The molecule has 0 spiro atoms. The second-order valence-electron chi connectivity index (χ2n) is 5.97. The van der Waals surface area contributed by atoms with Crippen molar-refractivity contribution in [3.63, 3.8) is 0 Å². The van der Waals surface area contributed by atoms with E-state index in [1.54, 1.807) is 0 Å². The molecule has 1 aromatic heterocycles. The van der Waals surface area contributed by atoms with E-state index < -0.39 is 23.9 Å². The van der Waals surface area contributed by atoms with Crippen LogP contribution in [0, 0.1) is 5.82 Å². The maximum Gasteiger partial charge on any atom is 0.320 e. The van der Waals surface area contributed by atoms with Crippen molar-refractivity contribution in [1.82, 2.24) is 15.4 Å². The van der Waals surface area contributed by atoms with Crippen LogP contribution in [0.5, 0.6) is 0 Å². The summed E-state index contributed by atoms with van der Waals surface area (Å²) in [6.07, 6.45) is 4.28. The number of carbonyl (C=O) groups is 1. The molecule has 142 valence electrons. The van der Waals surface area contributed by atoms with Crippen LogP contribution in [0.3, 0.4) is 0 Å². The van der Waals surface area contributed by atoms with Crippen molar-refractivity contribution in [2.75, 3.05) is 13.2 Å². The summed E-state index contributed by atoms with van der Waals surface area (Å²) < 4.78 is 49.2. The molecular formula is C17H15F3N4O3. The Hall–Kier alpha value is -3.01. The molecule has 0 aliphatic carbocycles. The number of hydroxylamine groups is 1. The van der Waals surface area contributed by atoms with E-state index in [-0.39, 0.29) is 24.5 Å². The Morgan fingerprint density at radius 3 is 2.70 bits per heavy atom. The monoisotopic (exact) mass is 380 g/mol. The SMILES string of the molecule is CC1(c2cc(-c3cncnc3)ccc2F)N=C(NOC=O)COCC1(F)F. The number of amidine groups is 1. The first-order valence-electron chi connectivity index (χ1n) is 7.82. The number of hydrogen-bond acceptors (Lipinski definition) is 7. The van der Waals surface area contributed by atoms with Crippen LogP contribution in [0.25, 0.3) is 11.1 Å². The molecule has 2 aromatic rings. The van der Waals surface area contributed by atoms with Crippen LogP contribution in [-0.4, -0.2) is 41.4 Å². The van der Waals surface area contributed by atoms with Gasteiger partial charge in [0.15, 0.2) is 11.4 Å². The molecule has 2 heterocycles. The summed E-state index contributed by atoms with van der Waals surface area (Å²) in [7, 11) is 0. The predicted molar refractivity (Wildman–Crippen MR) is 88.3 cm³/mol. The van der Waals surface area contributed by atoms with Gasteiger partial charge in [0, 0.05) is 23.5 Å². The van der Waals surface area contributed by atoms with Gasteiger partial charge in [0.2, 0.25) is 0 Å². The van der Waals surface area contributed by atoms with Crippen molar-refractivity contribution in [3.05, 3.63) is 48.3 Å². The van der Waals surface area contributed by atoms with Gasteiger partial charge in [0.25, 0.3) is 5.92 Å². The number of rotatable bonds is 4. The number of aliphatic imine (C=N–C) groups is 1. The first kappa shape index (κ1) is 18.8. The van der Waals surface area contributed by atoms with E-state index in [0.29, 0.717) is 11.1 Å². The second kappa shape index (κ2) is 7.31. The molecule has 0 saturated carbocycles. The maximum atomic E-state index is 14.8. The van der Waals surface area contributed by atoms with Gasteiger partial charge in [0.1, 0.15) is 25.4 Å². The van der Waals surface area contributed by atoms with Crippen molar-refractivity contribution < 1.29 is 27.5 Å². The Labute approximate surface area is 152 Å². The number of aromatic nitrogens is 2. The molecule has 1 N–H and O–H groups in total. The third-order valence-electron chi connectivity index (χ3n) is 4.20. The lowest BCUT2D eigenvalue weighted by atomic mass is 9.84. The van der Waals surface area contributed by atoms with Gasteiger partial charge in [-0.3, -0.25) is 4.79 Å². The summed E-state index contributed by atoms with van der Waals surface area (Å²) in [6.45, 7) is -0.183. The molecular weight excluding hydrogens is 365 g/mol. The number of hydrogen-bond donors (Lipinski definition) is 1. The molecule has 0 radical (unpaired) electrons. The number of alkyl halides is 2. The number of benzene rings is 1. The number of halogens is 3. The molecule has 0 saturated heterocycles. The highest BCUT2D eigenvalue weighted by atomic mass is 19.3. The van der Waals surface area contributed by atoms with Gasteiger partial charge in [-0.15, -0.1) is 0 Å². The summed E-state index contributed by atoms with van der Waals surface area (Å²) in [6, 6.07) is 3.79.